The summed E-state index contributed by atoms with van der Waals surface area (Å²) < 4.78 is 1.53. The maximum atomic E-state index is 11.1. The van der Waals surface area contributed by atoms with E-state index in [0.717, 1.165) is 0 Å². The quantitative estimate of drug-likeness (QED) is 0.779. The first-order chi connectivity index (χ1) is 9.18. The molecular formula is C13H8ClN3O2. The van der Waals surface area contributed by atoms with E-state index in [-0.39, 0.29) is 5.56 Å². The van der Waals surface area contributed by atoms with Crippen molar-refractivity contribution in [2.75, 3.05) is 0 Å². The zero-order valence-corrected chi connectivity index (χ0v) is 10.4. The third-order valence-corrected chi connectivity index (χ3v) is 3.11. The summed E-state index contributed by atoms with van der Waals surface area (Å²) in [7, 11) is 0. The Morgan fingerprint density at radius 1 is 1.16 bits per heavy atom. The van der Waals surface area contributed by atoms with Crippen molar-refractivity contribution in [2.24, 2.45) is 0 Å². The Kier molecular flexibility index (Phi) is 2.68. The Labute approximate surface area is 113 Å². The molecule has 0 fully saturated rings. The number of aromatic nitrogens is 3. The summed E-state index contributed by atoms with van der Waals surface area (Å²) in [5, 5.41) is 17.6. The average molecular weight is 274 g/mol. The highest BCUT2D eigenvalue weighted by Gasteiger charge is 2.15. The fourth-order valence-electron chi connectivity index (χ4n) is 1.92. The van der Waals surface area contributed by atoms with E-state index >= 15 is 0 Å². The lowest BCUT2D eigenvalue weighted by Gasteiger charge is -2.04. The van der Waals surface area contributed by atoms with Crippen LogP contribution in [0.25, 0.3) is 16.7 Å². The lowest BCUT2D eigenvalue weighted by molar-refractivity contribution is 0.0699. The van der Waals surface area contributed by atoms with Crippen LogP contribution >= 0.6 is 11.6 Å². The number of fused-ring (bicyclic) bond motifs is 1. The van der Waals surface area contributed by atoms with E-state index in [0.29, 0.717) is 21.7 Å². The van der Waals surface area contributed by atoms with Crippen molar-refractivity contribution in [3.63, 3.8) is 0 Å². The van der Waals surface area contributed by atoms with Crippen molar-refractivity contribution >= 4 is 28.6 Å². The number of hydrogen-bond donors (Lipinski definition) is 1. The molecule has 0 bridgehead atoms. The lowest BCUT2D eigenvalue weighted by Crippen LogP contribution is -1.99. The van der Waals surface area contributed by atoms with Crippen LogP contribution < -0.4 is 0 Å². The molecule has 0 amide bonds. The Morgan fingerprint density at radius 3 is 2.68 bits per heavy atom. The molecular weight excluding hydrogens is 266 g/mol. The van der Waals surface area contributed by atoms with Gasteiger partial charge in [-0.2, -0.15) is 0 Å². The highest BCUT2D eigenvalue weighted by atomic mass is 35.5. The zero-order valence-electron chi connectivity index (χ0n) is 9.62. The van der Waals surface area contributed by atoms with E-state index in [1.54, 1.807) is 24.3 Å². The van der Waals surface area contributed by atoms with E-state index in [1.165, 1.54) is 10.7 Å². The van der Waals surface area contributed by atoms with Gasteiger partial charge in [0.05, 0.1) is 21.8 Å². The number of benzene rings is 2. The van der Waals surface area contributed by atoms with Crippen LogP contribution in [0.15, 0.2) is 42.5 Å². The molecule has 0 aliphatic rings. The number of carbonyl (C=O) groups is 1. The standard InChI is InChI=1S/C13H8ClN3O2/c14-9-5-1-2-6-10(9)17-11-7-3-4-8(13(18)19)12(11)15-16-17/h1-7H,(H,18,19). The van der Waals surface area contributed by atoms with E-state index in [1.807, 2.05) is 12.1 Å². The fourth-order valence-corrected chi connectivity index (χ4v) is 2.13. The van der Waals surface area contributed by atoms with Gasteiger partial charge in [-0.1, -0.05) is 35.0 Å². The first-order valence-electron chi connectivity index (χ1n) is 5.51. The minimum Gasteiger partial charge on any atom is -0.478 e. The molecule has 3 aromatic rings. The number of nitrogens with zero attached hydrogens (tertiary/aromatic N) is 3. The maximum absolute atomic E-state index is 11.1. The molecule has 1 aromatic heterocycles. The highest BCUT2D eigenvalue weighted by molar-refractivity contribution is 6.32. The number of rotatable bonds is 2. The normalized spacial score (nSPS) is 10.8. The minimum absolute atomic E-state index is 0.121. The van der Waals surface area contributed by atoms with Crippen molar-refractivity contribution in [2.45, 2.75) is 0 Å². The third kappa shape index (κ3) is 1.84. The van der Waals surface area contributed by atoms with Crippen molar-refractivity contribution in [3.05, 3.63) is 53.1 Å². The van der Waals surface area contributed by atoms with Gasteiger partial charge in [0.15, 0.2) is 0 Å². The number of para-hydroxylation sites is 1. The molecule has 0 atom stereocenters. The Balaban J connectivity index is 2.31. The van der Waals surface area contributed by atoms with Crippen LogP contribution in [0.4, 0.5) is 0 Å². The summed E-state index contributed by atoms with van der Waals surface area (Å²) in [6.07, 6.45) is 0. The molecule has 0 aliphatic heterocycles. The number of aromatic carboxylic acids is 1. The summed E-state index contributed by atoms with van der Waals surface area (Å²) in [5.41, 5.74) is 1.73. The summed E-state index contributed by atoms with van der Waals surface area (Å²) in [5.74, 6) is -1.03. The topological polar surface area (TPSA) is 68.0 Å². The Morgan fingerprint density at radius 2 is 1.95 bits per heavy atom. The first kappa shape index (κ1) is 11.7. The third-order valence-electron chi connectivity index (χ3n) is 2.79. The summed E-state index contributed by atoms with van der Waals surface area (Å²) in [6.45, 7) is 0. The van der Waals surface area contributed by atoms with E-state index < -0.39 is 5.97 Å². The molecule has 5 nitrogen and oxygen atoms in total. The lowest BCUT2D eigenvalue weighted by atomic mass is 10.2. The van der Waals surface area contributed by atoms with Crippen LogP contribution in [0.1, 0.15) is 10.4 Å². The molecule has 0 unspecified atom stereocenters. The van der Waals surface area contributed by atoms with Crippen LogP contribution in [0.2, 0.25) is 5.02 Å². The van der Waals surface area contributed by atoms with Crippen LogP contribution in [-0.4, -0.2) is 26.1 Å². The fraction of sp³-hybridized carbons (Fsp3) is 0. The molecule has 0 aliphatic carbocycles. The predicted octanol–water partition coefficient (Wildman–Crippen LogP) is 2.77. The second-order valence-electron chi connectivity index (χ2n) is 3.93. The van der Waals surface area contributed by atoms with Crippen LogP contribution in [-0.2, 0) is 0 Å². The molecule has 3 rings (SSSR count). The number of carboxylic acids is 1. The summed E-state index contributed by atoms with van der Waals surface area (Å²) in [4.78, 5) is 11.1. The van der Waals surface area contributed by atoms with E-state index in [2.05, 4.69) is 10.3 Å². The van der Waals surface area contributed by atoms with Gasteiger partial charge >= 0.3 is 5.97 Å². The van der Waals surface area contributed by atoms with Gasteiger partial charge in [0.1, 0.15) is 5.52 Å². The smallest absolute Gasteiger partial charge is 0.338 e. The Hall–Kier alpha value is -2.40. The van der Waals surface area contributed by atoms with Gasteiger partial charge < -0.3 is 5.11 Å². The second-order valence-corrected chi connectivity index (χ2v) is 4.34. The summed E-state index contributed by atoms with van der Waals surface area (Å²) in [6, 6.07) is 12.1. The molecule has 1 heterocycles. The van der Waals surface area contributed by atoms with E-state index in [9.17, 15) is 4.79 Å². The molecule has 0 saturated heterocycles. The largest absolute Gasteiger partial charge is 0.478 e. The molecule has 6 heteroatoms. The van der Waals surface area contributed by atoms with Crippen molar-refractivity contribution in [1.29, 1.82) is 0 Å². The van der Waals surface area contributed by atoms with Crippen molar-refractivity contribution in [1.82, 2.24) is 15.0 Å². The van der Waals surface area contributed by atoms with Gasteiger partial charge in [-0.05, 0) is 24.3 Å². The van der Waals surface area contributed by atoms with Crippen molar-refractivity contribution in [3.8, 4) is 5.69 Å². The molecule has 19 heavy (non-hydrogen) atoms. The molecule has 1 N–H and O–H groups in total. The Bertz CT molecular complexity index is 782. The van der Waals surface area contributed by atoms with E-state index in [4.69, 9.17) is 16.7 Å². The van der Waals surface area contributed by atoms with Gasteiger partial charge in [-0.25, -0.2) is 9.48 Å². The SMILES string of the molecule is O=C(O)c1cccc2c1nnn2-c1ccccc1Cl. The molecule has 94 valence electrons. The monoisotopic (exact) mass is 273 g/mol. The van der Waals surface area contributed by atoms with Crippen LogP contribution in [0.3, 0.4) is 0 Å². The number of carboxylic acid groups (broad SMARTS) is 1. The number of hydrogen-bond acceptors (Lipinski definition) is 3. The second kappa shape index (κ2) is 4.37. The molecule has 0 radical (unpaired) electrons. The van der Waals surface area contributed by atoms with Crippen LogP contribution in [0, 0.1) is 0 Å². The molecule has 0 saturated carbocycles. The highest BCUT2D eigenvalue weighted by Crippen LogP contribution is 2.24. The first-order valence-corrected chi connectivity index (χ1v) is 5.89. The number of halogens is 1. The maximum Gasteiger partial charge on any atom is 0.338 e. The van der Waals surface area contributed by atoms with Crippen molar-refractivity contribution < 1.29 is 9.90 Å². The van der Waals surface area contributed by atoms with Gasteiger partial charge in [0.25, 0.3) is 0 Å². The predicted molar refractivity (Wildman–Crippen MR) is 70.8 cm³/mol. The average Bonchev–Trinajstić information content (AvgIpc) is 2.82. The molecule has 2 aromatic carbocycles. The van der Waals surface area contributed by atoms with Gasteiger partial charge in [-0.3, -0.25) is 0 Å². The zero-order chi connectivity index (χ0) is 13.4. The van der Waals surface area contributed by atoms with Gasteiger partial charge in [-0.15, -0.1) is 5.10 Å². The van der Waals surface area contributed by atoms with Crippen LogP contribution in [0.5, 0.6) is 0 Å². The van der Waals surface area contributed by atoms with Gasteiger partial charge in [0.2, 0.25) is 0 Å². The minimum atomic E-state index is -1.03. The molecule has 0 spiro atoms. The van der Waals surface area contributed by atoms with Gasteiger partial charge in [0, 0.05) is 0 Å². The summed E-state index contributed by atoms with van der Waals surface area (Å²) >= 11 is 6.11.